The molecule has 0 saturated heterocycles. The van der Waals surface area contributed by atoms with Crippen molar-refractivity contribution in [2.45, 2.75) is 0 Å². The van der Waals surface area contributed by atoms with Gasteiger partial charge in [0.25, 0.3) is 0 Å². The molecule has 1 heterocycles. The van der Waals surface area contributed by atoms with Gasteiger partial charge in [0, 0.05) is 22.3 Å². The van der Waals surface area contributed by atoms with Gasteiger partial charge in [-0.15, -0.1) is 12.4 Å². The highest BCUT2D eigenvalue weighted by atomic mass is 35.5. The lowest BCUT2D eigenvalue weighted by molar-refractivity contribution is 1.41. The summed E-state index contributed by atoms with van der Waals surface area (Å²) in [7, 11) is 0. The van der Waals surface area contributed by atoms with Gasteiger partial charge >= 0.3 is 0 Å². The van der Waals surface area contributed by atoms with Crippen LogP contribution in [0.2, 0.25) is 5.02 Å². The van der Waals surface area contributed by atoms with Crippen molar-refractivity contribution in [1.82, 2.24) is 4.98 Å². The number of rotatable bonds is 0. The molecular weight excluding hydrogens is 207 g/mol. The Morgan fingerprint density at radius 1 is 1.23 bits per heavy atom. The Morgan fingerprint density at radius 3 is 2.77 bits per heavy atom. The topological polar surface area (TPSA) is 38.9 Å². The van der Waals surface area contributed by atoms with Crippen LogP contribution in [-0.4, -0.2) is 4.98 Å². The van der Waals surface area contributed by atoms with Gasteiger partial charge in [0.05, 0.1) is 5.52 Å². The summed E-state index contributed by atoms with van der Waals surface area (Å²) < 4.78 is 0. The van der Waals surface area contributed by atoms with E-state index in [1.165, 1.54) is 0 Å². The maximum Gasteiger partial charge on any atom is 0.0737 e. The van der Waals surface area contributed by atoms with Crippen LogP contribution < -0.4 is 5.73 Å². The number of anilines is 1. The van der Waals surface area contributed by atoms with Gasteiger partial charge in [-0.2, -0.15) is 0 Å². The highest BCUT2D eigenvalue weighted by Gasteiger charge is 1.97. The zero-order chi connectivity index (χ0) is 8.55. The largest absolute Gasteiger partial charge is 0.398 e. The number of halogens is 2. The van der Waals surface area contributed by atoms with Crippen molar-refractivity contribution in [2.75, 3.05) is 5.73 Å². The first-order valence-corrected chi connectivity index (χ1v) is 3.95. The van der Waals surface area contributed by atoms with Crippen LogP contribution in [0.15, 0.2) is 30.5 Å². The number of nitrogen functional groups attached to an aromatic ring is 1. The van der Waals surface area contributed by atoms with Gasteiger partial charge in [-0.05, 0) is 24.3 Å². The van der Waals surface area contributed by atoms with Gasteiger partial charge < -0.3 is 5.73 Å². The van der Waals surface area contributed by atoms with Gasteiger partial charge in [0.1, 0.15) is 0 Å². The molecule has 0 fully saturated rings. The van der Waals surface area contributed by atoms with Crippen molar-refractivity contribution < 1.29 is 0 Å². The van der Waals surface area contributed by atoms with E-state index in [1.807, 2.05) is 12.1 Å². The van der Waals surface area contributed by atoms with E-state index in [2.05, 4.69) is 4.98 Å². The second-order valence-electron chi connectivity index (χ2n) is 2.56. The Bertz CT molecular complexity index is 429. The first-order chi connectivity index (χ1) is 5.77. The first kappa shape index (κ1) is 10.1. The Hall–Kier alpha value is -0.990. The number of aromatic nitrogens is 1. The molecule has 0 atom stereocenters. The molecule has 68 valence electrons. The normalized spacial score (nSPS) is 9.62. The maximum absolute atomic E-state index is 5.79. The molecule has 0 spiro atoms. The molecule has 0 radical (unpaired) electrons. The van der Waals surface area contributed by atoms with Gasteiger partial charge in [0.2, 0.25) is 0 Å². The number of nitrogens with two attached hydrogens (primary N) is 1. The third kappa shape index (κ3) is 1.85. The Kier molecular flexibility index (Phi) is 2.96. The van der Waals surface area contributed by atoms with Gasteiger partial charge in [-0.25, -0.2) is 0 Å². The lowest BCUT2D eigenvalue weighted by Crippen LogP contribution is -1.87. The third-order valence-corrected chi connectivity index (χ3v) is 1.97. The molecule has 0 aliphatic heterocycles. The van der Waals surface area contributed by atoms with Crippen molar-refractivity contribution in [1.29, 1.82) is 0 Å². The molecular formula is C9H8Cl2N2. The Labute approximate surface area is 87.1 Å². The van der Waals surface area contributed by atoms with Crippen molar-refractivity contribution >= 4 is 40.6 Å². The van der Waals surface area contributed by atoms with Crippen molar-refractivity contribution in [3.05, 3.63) is 35.5 Å². The van der Waals surface area contributed by atoms with Crippen LogP contribution in [0.3, 0.4) is 0 Å². The standard InChI is InChI=1S/C9H7ClN2.ClH/c10-6-1-2-7-8(11)3-4-12-9(7)5-6;/h1-5H,(H2,11,12);1H. The molecule has 2 aromatic rings. The molecule has 13 heavy (non-hydrogen) atoms. The molecule has 0 bridgehead atoms. The molecule has 0 aliphatic rings. The van der Waals surface area contributed by atoms with Gasteiger partial charge in [-0.3, -0.25) is 4.98 Å². The summed E-state index contributed by atoms with van der Waals surface area (Å²) in [4.78, 5) is 4.14. The summed E-state index contributed by atoms with van der Waals surface area (Å²) in [6, 6.07) is 7.26. The zero-order valence-corrected chi connectivity index (χ0v) is 8.27. The number of hydrogen-bond acceptors (Lipinski definition) is 2. The van der Waals surface area contributed by atoms with Crippen molar-refractivity contribution in [3.8, 4) is 0 Å². The van der Waals surface area contributed by atoms with Crippen molar-refractivity contribution in [2.24, 2.45) is 0 Å². The average Bonchev–Trinajstić information content (AvgIpc) is 2.04. The summed E-state index contributed by atoms with van der Waals surface area (Å²) in [6.07, 6.45) is 1.67. The minimum Gasteiger partial charge on any atom is -0.398 e. The molecule has 2 nitrogen and oxygen atoms in total. The predicted molar refractivity (Wildman–Crippen MR) is 58.4 cm³/mol. The number of nitrogens with zero attached hydrogens (tertiary/aromatic N) is 1. The maximum atomic E-state index is 5.79. The van der Waals surface area contributed by atoms with E-state index in [0.717, 1.165) is 16.6 Å². The number of hydrogen-bond donors (Lipinski definition) is 1. The van der Waals surface area contributed by atoms with E-state index >= 15 is 0 Å². The van der Waals surface area contributed by atoms with Crippen LogP contribution in [0.25, 0.3) is 10.9 Å². The van der Waals surface area contributed by atoms with E-state index in [0.29, 0.717) is 5.02 Å². The van der Waals surface area contributed by atoms with E-state index in [4.69, 9.17) is 17.3 Å². The molecule has 2 rings (SSSR count). The second-order valence-corrected chi connectivity index (χ2v) is 3.00. The molecule has 0 amide bonds. The fourth-order valence-corrected chi connectivity index (χ4v) is 1.31. The second kappa shape index (κ2) is 3.81. The van der Waals surface area contributed by atoms with E-state index in [1.54, 1.807) is 18.3 Å². The first-order valence-electron chi connectivity index (χ1n) is 3.57. The molecule has 0 unspecified atom stereocenters. The Morgan fingerprint density at radius 2 is 2.00 bits per heavy atom. The smallest absolute Gasteiger partial charge is 0.0737 e. The molecule has 1 aromatic heterocycles. The van der Waals surface area contributed by atoms with Crippen LogP contribution in [0.5, 0.6) is 0 Å². The van der Waals surface area contributed by atoms with Crippen molar-refractivity contribution in [3.63, 3.8) is 0 Å². The predicted octanol–water partition coefficient (Wildman–Crippen LogP) is 2.89. The minimum absolute atomic E-state index is 0. The highest BCUT2D eigenvalue weighted by molar-refractivity contribution is 6.31. The summed E-state index contributed by atoms with van der Waals surface area (Å²) >= 11 is 5.79. The molecule has 4 heteroatoms. The molecule has 2 N–H and O–H groups in total. The summed E-state index contributed by atoms with van der Waals surface area (Å²) in [5, 5.41) is 1.63. The van der Waals surface area contributed by atoms with Crippen LogP contribution in [-0.2, 0) is 0 Å². The molecule has 0 aliphatic carbocycles. The summed E-state index contributed by atoms with van der Waals surface area (Å²) in [5.41, 5.74) is 7.29. The summed E-state index contributed by atoms with van der Waals surface area (Å²) in [5.74, 6) is 0. The fraction of sp³-hybridized carbons (Fsp3) is 0. The lowest BCUT2D eigenvalue weighted by atomic mass is 10.2. The van der Waals surface area contributed by atoms with Crippen LogP contribution in [0, 0.1) is 0 Å². The number of fused-ring (bicyclic) bond motifs is 1. The molecule has 1 aromatic carbocycles. The number of benzene rings is 1. The average molecular weight is 215 g/mol. The fourth-order valence-electron chi connectivity index (χ4n) is 1.14. The quantitative estimate of drug-likeness (QED) is 0.733. The molecule has 0 saturated carbocycles. The van der Waals surface area contributed by atoms with Crippen LogP contribution in [0.4, 0.5) is 5.69 Å². The van der Waals surface area contributed by atoms with Gasteiger partial charge in [0.15, 0.2) is 0 Å². The van der Waals surface area contributed by atoms with Gasteiger partial charge in [-0.1, -0.05) is 11.6 Å². The van der Waals surface area contributed by atoms with E-state index in [-0.39, 0.29) is 12.4 Å². The van der Waals surface area contributed by atoms with Crippen LogP contribution >= 0.6 is 24.0 Å². The SMILES string of the molecule is Cl.Nc1ccnc2cc(Cl)ccc12. The highest BCUT2D eigenvalue weighted by Crippen LogP contribution is 2.21. The Balaban J connectivity index is 0.000000845. The monoisotopic (exact) mass is 214 g/mol. The van der Waals surface area contributed by atoms with E-state index < -0.39 is 0 Å². The van der Waals surface area contributed by atoms with Crippen LogP contribution in [0.1, 0.15) is 0 Å². The third-order valence-electron chi connectivity index (χ3n) is 1.74. The summed E-state index contributed by atoms with van der Waals surface area (Å²) in [6.45, 7) is 0. The lowest BCUT2D eigenvalue weighted by Gasteiger charge is -1.99. The number of pyridine rings is 1. The minimum atomic E-state index is 0. The van der Waals surface area contributed by atoms with E-state index in [9.17, 15) is 0 Å². The zero-order valence-electron chi connectivity index (χ0n) is 6.70.